The van der Waals surface area contributed by atoms with Crippen LogP contribution in [0.15, 0.2) is 29.2 Å². The Labute approximate surface area is 147 Å². The number of aldehydes is 1. The average Bonchev–Trinajstić information content (AvgIpc) is 3.06. The summed E-state index contributed by atoms with van der Waals surface area (Å²) in [4.78, 5) is 41.5. The molecule has 10 nitrogen and oxygen atoms in total. The molecule has 0 saturated carbocycles. The molecule has 1 unspecified atom stereocenters. The van der Waals surface area contributed by atoms with Crippen molar-refractivity contribution in [2.75, 3.05) is 10.6 Å². The first-order valence-electron chi connectivity index (χ1n) is 7.88. The average molecular weight is 355 g/mol. The largest absolute Gasteiger partial charge is 0.365 e. The highest BCUT2D eigenvalue weighted by Crippen LogP contribution is 2.21. The van der Waals surface area contributed by atoms with Gasteiger partial charge in [-0.1, -0.05) is 6.92 Å². The van der Waals surface area contributed by atoms with Crippen molar-refractivity contribution in [3.05, 3.63) is 40.3 Å². The monoisotopic (exact) mass is 355 g/mol. The zero-order valence-electron chi connectivity index (χ0n) is 13.9. The molecule has 0 aliphatic rings. The van der Waals surface area contributed by atoms with Crippen LogP contribution < -0.4 is 21.9 Å². The molecule has 0 bridgehead atoms. The highest BCUT2D eigenvalue weighted by Gasteiger charge is 2.18. The van der Waals surface area contributed by atoms with Crippen LogP contribution in [0.4, 0.5) is 17.5 Å². The third kappa shape index (κ3) is 3.38. The fraction of sp³-hybridized carbons (Fsp3) is 0.188. The molecule has 0 spiro atoms. The number of carbonyl (C=O) groups excluding carboxylic acids is 2. The van der Waals surface area contributed by atoms with E-state index >= 15 is 0 Å². The smallest absolute Gasteiger partial charge is 0.267 e. The number of benzene rings is 1. The lowest BCUT2D eigenvalue weighted by atomic mass is 10.2. The maximum Gasteiger partial charge on any atom is 0.267 e. The summed E-state index contributed by atoms with van der Waals surface area (Å²) in [6.07, 6.45) is 2.89. The molecule has 2 heterocycles. The SMILES string of the molecule is CCC(C=O)Nc1nc(Nc2ccc3cn[nH]c3c2)c(C(N)=O)c(=O)[nH]1. The normalized spacial score (nSPS) is 11.9. The van der Waals surface area contributed by atoms with Crippen molar-refractivity contribution in [2.24, 2.45) is 5.73 Å². The molecule has 1 atom stereocenters. The van der Waals surface area contributed by atoms with E-state index in [-0.39, 0.29) is 17.3 Å². The molecule has 0 aliphatic heterocycles. The van der Waals surface area contributed by atoms with Crippen LogP contribution in [-0.2, 0) is 4.79 Å². The van der Waals surface area contributed by atoms with Gasteiger partial charge < -0.3 is 21.2 Å². The summed E-state index contributed by atoms with van der Waals surface area (Å²) in [5, 5.41) is 13.4. The van der Waals surface area contributed by atoms with E-state index < -0.39 is 17.5 Å². The van der Waals surface area contributed by atoms with Crippen molar-refractivity contribution >= 4 is 40.5 Å². The van der Waals surface area contributed by atoms with Crippen LogP contribution >= 0.6 is 0 Å². The van der Waals surface area contributed by atoms with Gasteiger partial charge in [-0.25, -0.2) is 0 Å². The molecular formula is C16H17N7O3. The summed E-state index contributed by atoms with van der Waals surface area (Å²) < 4.78 is 0. The molecule has 0 fully saturated rings. The van der Waals surface area contributed by atoms with E-state index in [1.54, 1.807) is 25.3 Å². The minimum absolute atomic E-state index is 0.0108. The molecule has 0 aliphatic carbocycles. The lowest BCUT2D eigenvalue weighted by Crippen LogP contribution is -2.29. The van der Waals surface area contributed by atoms with Crippen molar-refractivity contribution in [2.45, 2.75) is 19.4 Å². The molecule has 0 saturated heterocycles. The van der Waals surface area contributed by atoms with E-state index in [1.165, 1.54) is 0 Å². The second kappa shape index (κ2) is 7.05. The number of carbonyl (C=O) groups is 2. The van der Waals surface area contributed by atoms with Gasteiger partial charge in [-0.05, 0) is 24.6 Å². The number of aromatic amines is 2. The Hall–Kier alpha value is -3.69. The number of anilines is 3. The van der Waals surface area contributed by atoms with Gasteiger partial charge in [-0.15, -0.1) is 0 Å². The van der Waals surface area contributed by atoms with Crippen molar-refractivity contribution in [1.29, 1.82) is 0 Å². The second-order valence-corrected chi connectivity index (χ2v) is 5.59. The van der Waals surface area contributed by atoms with Crippen LogP contribution in [0, 0.1) is 0 Å². The third-order valence-electron chi connectivity index (χ3n) is 3.80. The van der Waals surface area contributed by atoms with Gasteiger partial charge in [0.15, 0.2) is 5.82 Å². The maximum atomic E-state index is 12.2. The Balaban J connectivity index is 2.01. The summed E-state index contributed by atoms with van der Waals surface area (Å²) in [5.41, 5.74) is 5.65. The first kappa shape index (κ1) is 17.1. The number of aromatic nitrogens is 4. The number of hydrogen-bond acceptors (Lipinski definition) is 7. The molecule has 2 aromatic heterocycles. The highest BCUT2D eigenvalue weighted by atomic mass is 16.2. The van der Waals surface area contributed by atoms with E-state index in [9.17, 15) is 14.4 Å². The highest BCUT2D eigenvalue weighted by molar-refractivity contribution is 5.98. The second-order valence-electron chi connectivity index (χ2n) is 5.59. The number of nitrogens with zero attached hydrogens (tertiary/aromatic N) is 2. The first-order chi connectivity index (χ1) is 12.5. The van der Waals surface area contributed by atoms with Gasteiger partial charge in [-0.3, -0.25) is 19.7 Å². The Morgan fingerprint density at radius 1 is 1.42 bits per heavy atom. The first-order valence-corrected chi connectivity index (χ1v) is 7.88. The van der Waals surface area contributed by atoms with Crippen LogP contribution in [0.1, 0.15) is 23.7 Å². The van der Waals surface area contributed by atoms with Gasteiger partial charge in [0.05, 0.1) is 17.8 Å². The Kier molecular flexibility index (Phi) is 4.65. The fourth-order valence-electron chi connectivity index (χ4n) is 2.42. The molecule has 3 aromatic rings. The zero-order valence-corrected chi connectivity index (χ0v) is 13.9. The number of H-pyrrole nitrogens is 2. The lowest BCUT2D eigenvalue weighted by Gasteiger charge is -2.14. The number of fused-ring (bicyclic) bond motifs is 1. The minimum atomic E-state index is -0.919. The van der Waals surface area contributed by atoms with Crippen LogP contribution in [0.2, 0.25) is 0 Å². The van der Waals surface area contributed by atoms with Gasteiger partial charge in [0, 0.05) is 11.1 Å². The maximum absolute atomic E-state index is 12.2. The summed E-state index contributed by atoms with van der Waals surface area (Å²) in [7, 11) is 0. The minimum Gasteiger partial charge on any atom is -0.365 e. The Morgan fingerprint density at radius 3 is 2.92 bits per heavy atom. The number of rotatable bonds is 7. The molecule has 0 radical (unpaired) electrons. The number of nitrogens with two attached hydrogens (primary N) is 1. The molecule has 134 valence electrons. The molecule has 3 rings (SSSR count). The zero-order chi connectivity index (χ0) is 18.7. The lowest BCUT2D eigenvalue weighted by molar-refractivity contribution is -0.108. The number of nitrogens with one attached hydrogen (secondary N) is 4. The van der Waals surface area contributed by atoms with Gasteiger partial charge in [0.1, 0.15) is 11.8 Å². The van der Waals surface area contributed by atoms with Crippen LogP contribution in [0.5, 0.6) is 0 Å². The quantitative estimate of drug-likeness (QED) is 0.393. The van der Waals surface area contributed by atoms with Crippen molar-refractivity contribution < 1.29 is 9.59 Å². The summed E-state index contributed by atoms with van der Waals surface area (Å²) >= 11 is 0. The van der Waals surface area contributed by atoms with E-state index in [1.807, 2.05) is 6.07 Å². The molecular weight excluding hydrogens is 338 g/mol. The van der Waals surface area contributed by atoms with Crippen LogP contribution in [0.25, 0.3) is 10.9 Å². The molecule has 1 aromatic carbocycles. The van der Waals surface area contributed by atoms with E-state index in [4.69, 9.17) is 5.73 Å². The van der Waals surface area contributed by atoms with Crippen molar-refractivity contribution in [3.63, 3.8) is 0 Å². The van der Waals surface area contributed by atoms with Crippen molar-refractivity contribution in [1.82, 2.24) is 20.2 Å². The molecule has 1 amide bonds. The molecule has 6 N–H and O–H groups in total. The summed E-state index contributed by atoms with van der Waals surface area (Å²) in [6.45, 7) is 1.81. The van der Waals surface area contributed by atoms with E-state index in [2.05, 4.69) is 30.8 Å². The van der Waals surface area contributed by atoms with Crippen LogP contribution in [-0.4, -0.2) is 38.4 Å². The molecule has 26 heavy (non-hydrogen) atoms. The molecule has 10 heteroatoms. The van der Waals surface area contributed by atoms with Crippen LogP contribution in [0.3, 0.4) is 0 Å². The predicted octanol–water partition coefficient (Wildman–Crippen LogP) is 0.878. The number of primary amides is 1. The van der Waals surface area contributed by atoms with E-state index in [0.29, 0.717) is 18.4 Å². The topological polar surface area (TPSA) is 159 Å². The number of hydrogen-bond donors (Lipinski definition) is 5. The Bertz CT molecular complexity index is 1020. The standard InChI is InChI=1S/C16H17N7O3/c1-2-9(7-24)20-16-21-14(12(13(17)25)15(26)22-16)19-10-4-3-8-6-18-23-11(8)5-10/h3-7,9H,2H2,1H3,(H2,17,25)(H,18,23)(H3,19,20,21,22,26). The third-order valence-corrected chi connectivity index (χ3v) is 3.80. The fourth-order valence-corrected chi connectivity index (χ4v) is 2.42. The predicted molar refractivity (Wildman–Crippen MR) is 96.5 cm³/mol. The van der Waals surface area contributed by atoms with E-state index in [0.717, 1.165) is 10.9 Å². The van der Waals surface area contributed by atoms with Gasteiger partial charge in [0.2, 0.25) is 5.95 Å². The van der Waals surface area contributed by atoms with Gasteiger partial charge in [-0.2, -0.15) is 10.1 Å². The summed E-state index contributed by atoms with van der Waals surface area (Å²) in [6, 6.07) is 4.80. The summed E-state index contributed by atoms with van der Waals surface area (Å²) in [5.74, 6) is -0.870. The van der Waals surface area contributed by atoms with Gasteiger partial charge >= 0.3 is 0 Å². The van der Waals surface area contributed by atoms with Gasteiger partial charge in [0.25, 0.3) is 11.5 Å². The Morgan fingerprint density at radius 2 is 2.23 bits per heavy atom. The number of amides is 1. The van der Waals surface area contributed by atoms with Crippen molar-refractivity contribution in [3.8, 4) is 0 Å².